The Morgan fingerprint density at radius 1 is 1.52 bits per heavy atom. The number of furan rings is 1. The van der Waals surface area contributed by atoms with Crippen molar-refractivity contribution >= 4 is 17.7 Å². The summed E-state index contributed by atoms with van der Waals surface area (Å²) in [5.41, 5.74) is -1.26. The lowest BCUT2D eigenvalue weighted by Crippen LogP contribution is -2.41. The second-order valence-electron chi connectivity index (χ2n) is 5.45. The number of ketones is 1. The van der Waals surface area contributed by atoms with E-state index in [-0.39, 0.29) is 18.2 Å². The first-order chi connectivity index (χ1) is 10.0. The van der Waals surface area contributed by atoms with Crippen LogP contribution < -0.4 is 5.32 Å². The Hall–Kier alpha value is -2.15. The standard InChI is InChI=1S/C14H16N2O5/c1-14(11-3-2-5-21-11)12(18)16(13(19)15-14)7-10(17)9-4-6-20-8-9/h2-3,5,9H,4,6-8H2,1H3,(H,15,19). The summed E-state index contributed by atoms with van der Waals surface area (Å²) in [6, 6.07) is 2.68. The Labute approximate surface area is 121 Å². The number of rotatable bonds is 4. The maximum atomic E-state index is 12.5. The highest BCUT2D eigenvalue weighted by atomic mass is 16.5. The number of nitrogens with one attached hydrogen (secondary N) is 1. The van der Waals surface area contributed by atoms with Gasteiger partial charge in [-0.2, -0.15) is 0 Å². The molecule has 7 nitrogen and oxygen atoms in total. The lowest BCUT2D eigenvalue weighted by atomic mass is 9.98. The number of carbonyl (C=O) groups excluding carboxylic acids is 3. The van der Waals surface area contributed by atoms with Crippen LogP contribution in [0.5, 0.6) is 0 Å². The van der Waals surface area contributed by atoms with Crippen LogP contribution in [0.25, 0.3) is 0 Å². The topological polar surface area (TPSA) is 88.8 Å². The van der Waals surface area contributed by atoms with E-state index in [1.165, 1.54) is 6.26 Å². The normalized spacial score (nSPS) is 29.0. The van der Waals surface area contributed by atoms with Gasteiger partial charge in [0, 0.05) is 12.5 Å². The van der Waals surface area contributed by atoms with Crippen molar-refractivity contribution in [3.8, 4) is 0 Å². The molecule has 0 aliphatic carbocycles. The molecule has 0 aromatic carbocycles. The van der Waals surface area contributed by atoms with E-state index < -0.39 is 17.5 Å². The summed E-state index contributed by atoms with van der Waals surface area (Å²) in [5.74, 6) is -0.518. The second kappa shape index (κ2) is 5.00. The molecule has 0 saturated carbocycles. The van der Waals surface area contributed by atoms with E-state index in [9.17, 15) is 14.4 Å². The third kappa shape index (κ3) is 2.23. The Kier molecular flexibility index (Phi) is 3.29. The fourth-order valence-electron chi connectivity index (χ4n) is 2.64. The molecule has 3 heterocycles. The first-order valence-electron chi connectivity index (χ1n) is 6.81. The van der Waals surface area contributed by atoms with Gasteiger partial charge in [0.05, 0.1) is 19.4 Å². The molecule has 21 heavy (non-hydrogen) atoms. The minimum absolute atomic E-state index is 0.153. The van der Waals surface area contributed by atoms with Crippen molar-refractivity contribution in [2.24, 2.45) is 5.92 Å². The van der Waals surface area contributed by atoms with E-state index in [1.54, 1.807) is 19.1 Å². The largest absolute Gasteiger partial charge is 0.466 e. The zero-order chi connectivity index (χ0) is 15.0. The highest BCUT2D eigenvalue weighted by Gasteiger charge is 2.51. The average Bonchev–Trinajstić information content (AvgIpc) is 3.17. The molecule has 0 bridgehead atoms. The molecular formula is C14H16N2O5. The van der Waals surface area contributed by atoms with E-state index in [0.717, 1.165) is 4.90 Å². The van der Waals surface area contributed by atoms with Crippen LogP contribution in [0.2, 0.25) is 0 Å². The molecule has 3 amide bonds. The van der Waals surface area contributed by atoms with E-state index in [2.05, 4.69) is 5.32 Å². The summed E-state index contributed by atoms with van der Waals surface area (Å²) < 4.78 is 10.4. The number of hydrogen-bond donors (Lipinski definition) is 1. The van der Waals surface area contributed by atoms with Crippen molar-refractivity contribution in [3.63, 3.8) is 0 Å². The van der Waals surface area contributed by atoms with Gasteiger partial charge in [0.25, 0.3) is 5.91 Å². The van der Waals surface area contributed by atoms with Crippen molar-refractivity contribution in [2.45, 2.75) is 18.9 Å². The maximum absolute atomic E-state index is 12.5. The SMILES string of the molecule is CC1(c2ccco2)NC(=O)N(CC(=O)C2CCOC2)C1=O. The monoisotopic (exact) mass is 292 g/mol. The molecular weight excluding hydrogens is 276 g/mol. The van der Waals surface area contributed by atoms with Crippen LogP contribution in [0, 0.1) is 5.92 Å². The van der Waals surface area contributed by atoms with Crippen LogP contribution in [-0.4, -0.2) is 42.4 Å². The molecule has 3 rings (SSSR count). The van der Waals surface area contributed by atoms with Gasteiger partial charge in [-0.1, -0.05) is 0 Å². The number of urea groups is 1. The van der Waals surface area contributed by atoms with Crippen molar-refractivity contribution in [1.29, 1.82) is 0 Å². The molecule has 2 aliphatic rings. The van der Waals surface area contributed by atoms with E-state index >= 15 is 0 Å². The van der Waals surface area contributed by atoms with E-state index in [0.29, 0.717) is 25.4 Å². The molecule has 2 unspecified atom stereocenters. The van der Waals surface area contributed by atoms with Gasteiger partial charge < -0.3 is 14.5 Å². The van der Waals surface area contributed by atoms with Crippen LogP contribution in [0.3, 0.4) is 0 Å². The Balaban J connectivity index is 1.76. The van der Waals surface area contributed by atoms with Crippen LogP contribution in [0.15, 0.2) is 22.8 Å². The van der Waals surface area contributed by atoms with Crippen molar-refractivity contribution in [2.75, 3.05) is 19.8 Å². The fraction of sp³-hybridized carbons (Fsp3) is 0.500. The summed E-state index contributed by atoms with van der Waals surface area (Å²) in [4.78, 5) is 37.6. The number of nitrogens with zero attached hydrogens (tertiary/aromatic N) is 1. The lowest BCUT2D eigenvalue weighted by molar-refractivity contribution is -0.135. The van der Waals surface area contributed by atoms with Gasteiger partial charge in [0.1, 0.15) is 5.76 Å². The summed E-state index contributed by atoms with van der Waals surface area (Å²) in [5, 5.41) is 2.59. The van der Waals surface area contributed by atoms with E-state index in [4.69, 9.17) is 9.15 Å². The van der Waals surface area contributed by atoms with Crippen molar-refractivity contribution < 1.29 is 23.5 Å². The third-order valence-corrected chi connectivity index (χ3v) is 3.99. The highest BCUT2D eigenvalue weighted by molar-refractivity contribution is 6.09. The number of imide groups is 1. The van der Waals surface area contributed by atoms with Crippen molar-refractivity contribution in [1.82, 2.24) is 10.2 Å². The van der Waals surface area contributed by atoms with Gasteiger partial charge in [-0.3, -0.25) is 14.5 Å². The Morgan fingerprint density at radius 3 is 2.95 bits per heavy atom. The third-order valence-electron chi connectivity index (χ3n) is 3.99. The summed E-state index contributed by atoms with van der Waals surface area (Å²) in [7, 11) is 0. The molecule has 0 radical (unpaired) electrons. The minimum Gasteiger partial charge on any atom is -0.466 e. The van der Waals surface area contributed by atoms with Gasteiger partial charge in [-0.25, -0.2) is 4.79 Å². The molecule has 2 aliphatic heterocycles. The van der Waals surface area contributed by atoms with Gasteiger partial charge in [0.15, 0.2) is 11.3 Å². The minimum atomic E-state index is -1.26. The van der Waals surface area contributed by atoms with Gasteiger partial charge in [0.2, 0.25) is 0 Å². The lowest BCUT2D eigenvalue weighted by Gasteiger charge is -2.19. The molecule has 112 valence electrons. The molecule has 1 N–H and O–H groups in total. The highest BCUT2D eigenvalue weighted by Crippen LogP contribution is 2.29. The van der Waals surface area contributed by atoms with Crippen molar-refractivity contribution in [3.05, 3.63) is 24.2 Å². The predicted octanol–water partition coefficient (Wildman–Crippen LogP) is 0.652. The fourth-order valence-corrected chi connectivity index (χ4v) is 2.64. The quantitative estimate of drug-likeness (QED) is 0.823. The average molecular weight is 292 g/mol. The first kappa shape index (κ1) is 13.8. The number of ether oxygens (including phenoxy) is 1. The molecule has 0 spiro atoms. The van der Waals surface area contributed by atoms with Crippen LogP contribution in [-0.2, 0) is 19.9 Å². The number of amides is 3. The summed E-state index contributed by atoms with van der Waals surface area (Å²) in [6.45, 7) is 2.24. The van der Waals surface area contributed by atoms with Crippen LogP contribution in [0.4, 0.5) is 4.79 Å². The molecule has 2 atom stereocenters. The molecule has 1 aromatic rings. The number of carbonyl (C=O) groups is 3. The molecule has 2 fully saturated rings. The van der Waals surface area contributed by atoms with Gasteiger partial charge in [-0.05, 0) is 25.5 Å². The zero-order valence-corrected chi connectivity index (χ0v) is 11.6. The zero-order valence-electron chi connectivity index (χ0n) is 11.6. The smallest absolute Gasteiger partial charge is 0.325 e. The first-order valence-corrected chi connectivity index (χ1v) is 6.81. The van der Waals surface area contributed by atoms with Crippen LogP contribution >= 0.6 is 0 Å². The second-order valence-corrected chi connectivity index (χ2v) is 5.45. The molecule has 7 heteroatoms. The Bertz CT molecular complexity index is 576. The maximum Gasteiger partial charge on any atom is 0.325 e. The summed E-state index contributed by atoms with van der Waals surface area (Å²) in [6.07, 6.45) is 2.07. The summed E-state index contributed by atoms with van der Waals surface area (Å²) >= 11 is 0. The van der Waals surface area contributed by atoms with Gasteiger partial charge >= 0.3 is 6.03 Å². The molecule has 1 aromatic heterocycles. The predicted molar refractivity (Wildman–Crippen MR) is 70.2 cm³/mol. The molecule has 2 saturated heterocycles. The Morgan fingerprint density at radius 2 is 2.33 bits per heavy atom. The van der Waals surface area contributed by atoms with Gasteiger partial charge in [-0.15, -0.1) is 0 Å². The number of hydrogen-bond acceptors (Lipinski definition) is 5. The van der Waals surface area contributed by atoms with Crippen LogP contribution in [0.1, 0.15) is 19.1 Å². The van der Waals surface area contributed by atoms with E-state index in [1.807, 2.05) is 0 Å². The number of Topliss-reactive ketones (excluding diaryl/α,β-unsaturated/α-hetero) is 1.